The first-order valence-corrected chi connectivity index (χ1v) is 7.30. The molecule has 3 heteroatoms. The summed E-state index contributed by atoms with van der Waals surface area (Å²) in [7, 11) is 2.28. The van der Waals surface area contributed by atoms with Crippen molar-refractivity contribution in [2.24, 2.45) is 0 Å². The van der Waals surface area contributed by atoms with Gasteiger partial charge in [0, 0.05) is 29.7 Å². The highest BCUT2D eigenvalue weighted by Crippen LogP contribution is 2.34. The fourth-order valence-electron chi connectivity index (χ4n) is 3.47. The lowest BCUT2D eigenvalue weighted by molar-refractivity contribution is 0.148. The molecule has 1 aromatic carbocycles. The standard InChI is InChI=1S/C15H21ClN2/c1-18-13-6-7-14(18)9-12(8-13)17-10-11-4-2-3-5-15(11)16/h2-5,12-14,17H,6-10H2,1H3. The molecule has 1 aromatic rings. The Morgan fingerprint density at radius 2 is 1.89 bits per heavy atom. The van der Waals surface area contributed by atoms with Gasteiger partial charge in [0.2, 0.25) is 0 Å². The van der Waals surface area contributed by atoms with Crippen LogP contribution in [0, 0.1) is 0 Å². The number of nitrogens with one attached hydrogen (secondary N) is 1. The van der Waals surface area contributed by atoms with E-state index in [4.69, 9.17) is 11.6 Å². The van der Waals surface area contributed by atoms with E-state index in [0.29, 0.717) is 6.04 Å². The van der Waals surface area contributed by atoms with Crippen molar-refractivity contribution in [3.8, 4) is 0 Å². The van der Waals surface area contributed by atoms with Gasteiger partial charge in [0.1, 0.15) is 0 Å². The molecule has 2 saturated heterocycles. The predicted octanol–water partition coefficient (Wildman–Crippen LogP) is 3.05. The first-order chi connectivity index (χ1) is 8.74. The number of rotatable bonds is 3. The van der Waals surface area contributed by atoms with E-state index in [1.54, 1.807) is 0 Å². The smallest absolute Gasteiger partial charge is 0.0450 e. The molecule has 0 aliphatic carbocycles. The molecule has 2 aliphatic rings. The van der Waals surface area contributed by atoms with Crippen molar-refractivity contribution in [3.05, 3.63) is 34.9 Å². The van der Waals surface area contributed by atoms with Crippen LogP contribution in [0.5, 0.6) is 0 Å². The number of halogens is 1. The third kappa shape index (κ3) is 2.42. The van der Waals surface area contributed by atoms with E-state index < -0.39 is 0 Å². The SMILES string of the molecule is CN1C2CCC1CC(NCc1ccccc1Cl)C2. The van der Waals surface area contributed by atoms with Crippen molar-refractivity contribution in [1.82, 2.24) is 10.2 Å². The zero-order valence-electron chi connectivity index (χ0n) is 10.9. The quantitative estimate of drug-likeness (QED) is 0.903. The lowest BCUT2D eigenvalue weighted by Gasteiger charge is -2.36. The van der Waals surface area contributed by atoms with E-state index in [0.717, 1.165) is 23.7 Å². The Balaban J connectivity index is 1.57. The van der Waals surface area contributed by atoms with Crippen LogP contribution in [0.15, 0.2) is 24.3 Å². The molecule has 0 amide bonds. The molecule has 18 heavy (non-hydrogen) atoms. The second-order valence-electron chi connectivity index (χ2n) is 5.69. The zero-order chi connectivity index (χ0) is 12.5. The van der Waals surface area contributed by atoms with Crippen molar-refractivity contribution in [3.63, 3.8) is 0 Å². The lowest BCUT2D eigenvalue weighted by atomic mass is 9.98. The van der Waals surface area contributed by atoms with E-state index in [9.17, 15) is 0 Å². The number of fused-ring (bicyclic) bond motifs is 2. The molecule has 3 rings (SSSR count). The summed E-state index contributed by atoms with van der Waals surface area (Å²) in [6.45, 7) is 0.896. The molecular formula is C15H21ClN2. The Bertz CT molecular complexity index is 407. The van der Waals surface area contributed by atoms with Crippen molar-refractivity contribution in [1.29, 1.82) is 0 Å². The van der Waals surface area contributed by atoms with E-state index in [-0.39, 0.29) is 0 Å². The highest BCUT2D eigenvalue weighted by molar-refractivity contribution is 6.31. The van der Waals surface area contributed by atoms with Gasteiger partial charge < -0.3 is 10.2 Å². The Labute approximate surface area is 114 Å². The minimum atomic E-state index is 0.662. The largest absolute Gasteiger partial charge is 0.310 e. The zero-order valence-corrected chi connectivity index (χ0v) is 11.7. The van der Waals surface area contributed by atoms with Gasteiger partial charge >= 0.3 is 0 Å². The molecule has 0 aromatic heterocycles. The summed E-state index contributed by atoms with van der Waals surface area (Å²) in [5, 5.41) is 4.56. The fraction of sp³-hybridized carbons (Fsp3) is 0.600. The van der Waals surface area contributed by atoms with Crippen LogP contribution in [0.2, 0.25) is 5.02 Å². The number of nitrogens with zero attached hydrogens (tertiary/aromatic N) is 1. The molecular weight excluding hydrogens is 244 g/mol. The normalized spacial score (nSPS) is 31.8. The van der Waals surface area contributed by atoms with Crippen molar-refractivity contribution >= 4 is 11.6 Å². The molecule has 2 unspecified atom stereocenters. The van der Waals surface area contributed by atoms with Crippen molar-refractivity contribution in [2.45, 2.75) is 50.4 Å². The molecule has 0 saturated carbocycles. The molecule has 2 atom stereocenters. The van der Waals surface area contributed by atoms with Gasteiger partial charge in [-0.05, 0) is 44.4 Å². The fourth-order valence-corrected chi connectivity index (χ4v) is 3.68. The molecule has 2 nitrogen and oxygen atoms in total. The molecule has 98 valence electrons. The predicted molar refractivity (Wildman–Crippen MR) is 75.9 cm³/mol. The second-order valence-corrected chi connectivity index (χ2v) is 6.10. The first kappa shape index (κ1) is 12.5. The van der Waals surface area contributed by atoms with Crippen LogP contribution in [0.3, 0.4) is 0 Å². The summed E-state index contributed by atoms with van der Waals surface area (Å²) < 4.78 is 0. The van der Waals surface area contributed by atoms with Crippen LogP contribution in [-0.2, 0) is 6.54 Å². The molecule has 2 aliphatic heterocycles. The maximum absolute atomic E-state index is 6.19. The minimum Gasteiger partial charge on any atom is -0.310 e. The molecule has 0 radical (unpaired) electrons. The van der Waals surface area contributed by atoms with E-state index in [1.165, 1.54) is 31.2 Å². The summed E-state index contributed by atoms with van der Waals surface area (Å²) in [5.74, 6) is 0. The monoisotopic (exact) mass is 264 g/mol. The Hall–Kier alpha value is -0.570. The van der Waals surface area contributed by atoms with Gasteiger partial charge in [0.05, 0.1) is 0 Å². The third-order valence-corrected chi connectivity index (χ3v) is 5.01. The molecule has 2 bridgehead atoms. The van der Waals surface area contributed by atoms with E-state index in [1.807, 2.05) is 12.1 Å². The summed E-state index contributed by atoms with van der Waals surface area (Å²) in [6.07, 6.45) is 5.34. The topological polar surface area (TPSA) is 15.3 Å². The van der Waals surface area contributed by atoms with Crippen LogP contribution < -0.4 is 5.32 Å². The lowest BCUT2D eigenvalue weighted by Crippen LogP contribution is -2.47. The summed E-state index contributed by atoms with van der Waals surface area (Å²) in [4.78, 5) is 2.58. The average Bonchev–Trinajstić information content (AvgIpc) is 2.62. The van der Waals surface area contributed by atoms with Gasteiger partial charge in [0.25, 0.3) is 0 Å². The second kappa shape index (κ2) is 5.20. The number of hydrogen-bond donors (Lipinski definition) is 1. The Morgan fingerprint density at radius 1 is 1.22 bits per heavy atom. The van der Waals surface area contributed by atoms with Gasteiger partial charge in [-0.1, -0.05) is 29.8 Å². The van der Waals surface area contributed by atoms with Crippen molar-refractivity contribution < 1.29 is 0 Å². The summed E-state index contributed by atoms with van der Waals surface area (Å²) in [5.41, 5.74) is 1.21. The molecule has 1 N–H and O–H groups in total. The third-order valence-electron chi connectivity index (χ3n) is 4.64. The Kier molecular flexibility index (Phi) is 3.60. The Morgan fingerprint density at radius 3 is 2.56 bits per heavy atom. The number of hydrogen-bond acceptors (Lipinski definition) is 2. The summed E-state index contributed by atoms with van der Waals surface area (Å²) >= 11 is 6.19. The van der Waals surface area contributed by atoms with Crippen LogP contribution in [0.1, 0.15) is 31.2 Å². The van der Waals surface area contributed by atoms with Crippen molar-refractivity contribution in [2.75, 3.05) is 7.05 Å². The van der Waals surface area contributed by atoms with Gasteiger partial charge in [-0.3, -0.25) is 0 Å². The van der Waals surface area contributed by atoms with Gasteiger partial charge in [0.15, 0.2) is 0 Å². The van der Waals surface area contributed by atoms with E-state index in [2.05, 4.69) is 29.4 Å². The number of piperidine rings is 1. The minimum absolute atomic E-state index is 0.662. The highest BCUT2D eigenvalue weighted by atomic mass is 35.5. The van der Waals surface area contributed by atoms with Crippen LogP contribution >= 0.6 is 11.6 Å². The average molecular weight is 265 g/mol. The van der Waals surface area contributed by atoms with Gasteiger partial charge in [-0.25, -0.2) is 0 Å². The van der Waals surface area contributed by atoms with Crippen LogP contribution in [0.4, 0.5) is 0 Å². The van der Waals surface area contributed by atoms with Gasteiger partial charge in [-0.15, -0.1) is 0 Å². The van der Waals surface area contributed by atoms with E-state index >= 15 is 0 Å². The molecule has 0 spiro atoms. The molecule has 2 heterocycles. The van der Waals surface area contributed by atoms with Crippen LogP contribution in [0.25, 0.3) is 0 Å². The molecule has 2 fully saturated rings. The number of benzene rings is 1. The van der Waals surface area contributed by atoms with Gasteiger partial charge in [-0.2, -0.15) is 0 Å². The first-order valence-electron chi connectivity index (χ1n) is 6.93. The summed E-state index contributed by atoms with van der Waals surface area (Å²) in [6, 6.07) is 10.4. The maximum atomic E-state index is 6.19. The highest BCUT2D eigenvalue weighted by Gasteiger charge is 2.37. The maximum Gasteiger partial charge on any atom is 0.0450 e. The van der Waals surface area contributed by atoms with Crippen LogP contribution in [-0.4, -0.2) is 30.1 Å².